The Morgan fingerprint density at radius 3 is 2.48 bits per heavy atom. The number of nitrogens with two attached hydrogens (primary N) is 1. The molecular formula is C15H29N3O4Si. The Morgan fingerprint density at radius 1 is 1.43 bits per heavy atom. The van der Waals surface area contributed by atoms with Gasteiger partial charge in [-0.2, -0.15) is 0 Å². The third-order valence-electron chi connectivity index (χ3n) is 4.65. The zero-order chi connectivity index (χ0) is 17.8. The van der Waals surface area contributed by atoms with Crippen LogP contribution in [0.25, 0.3) is 0 Å². The monoisotopic (exact) mass is 343 g/mol. The second-order valence-electron chi connectivity index (χ2n) is 7.52. The van der Waals surface area contributed by atoms with Gasteiger partial charge < -0.3 is 20.8 Å². The number of primary amides is 1. The lowest BCUT2D eigenvalue weighted by Crippen LogP contribution is -2.51. The predicted molar refractivity (Wildman–Crippen MR) is 90.1 cm³/mol. The van der Waals surface area contributed by atoms with Gasteiger partial charge in [0.15, 0.2) is 8.32 Å². The molecule has 0 aromatic heterocycles. The van der Waals surface area contributed by atoms with Crippen molar-refractivity contribution in [2.75, 3.05) is 6.61 Å². The van der Waals surface area contributed by atoms with Crippen molar-refractivity contribution in [3.05, 3.63) is 0 Å². The molecule has 8 heteroatoms. The van der Waals surface area contributed by atoms with E-state index in [1.165, 1.54) is 0 Å². The zero-order valence-electron chi connectivity index (χ0n) is 14.7. The summed E-state index contributed by atoms with van der Waals surface area (Å²) in [7, 11) is -1.90. The van der Waals surface area contributed by atoms with Gasteiger partial charge in [0.1, 0.15) is 12.1 Å². The Balaban J connectivity index is 2.51. The fourth-order valence-electron chi connectivity index (χ4n) is 2.02. The molecular weight excluding hydrogens is 314 g/mol. The summed E-state index contributed by atoms with van der Waals surface area (Å²) >= 11 is 0. The Morgan fingerprint density at radius 2 is 2.04 bits per heavy atom. The van der Waals surface area contributed by atoms with Crippen LogP contribution in [0.1, 0.15) is 40.0 Å². The van der Waals surface area contributed by atoms with Crippen LogP contribution >= 0.6 is 0 Å². The van der Waals surface area contributed by atoms with E-state index in [9.17, 15) is 14.4 Å². The minimum absolute atomic E-state index is 0.0760. The fourth-order valence-corrected chi connectivity index (χ4v) is 3.08. The molecule has 1 aliphatic heterocycles. The van der Waals surface area contributed by atoms with Crippen LogP contribution in [0.15, 0.2) is 0 Å². The Hall–Kier alpha value is -1.41. The fraction of sp³-hybridized carbons (Fsp3) is 0.800. The second kappa shape index (κ2) is 7.44. The summed E-state index contributed by atoms with van der Waals surface area (Å²) in [5.74, 6) is -1.12. The van der Waals surface area contributed by atoms with E-state index < -0.39 is 26.3 Å². The first-order valence-electron chi connectivity index (χ1n) is 7.97. The summed E-state index contributed by atoms with van der Waals surface area (Å²) in [6.45, 7) is 11.0. The molecule has 3 amide bonds. The van der Waals surface area contributed by atoms with Gasteiger partial charge in [0, 0.05) is 13.0 Å². The maximum atomic E-state index is 12.1. The van der Waals surface area contributed by atoms with Crippen molar-refractivity contribution >= 4 is 26.0 Å². The largest absolute Gasteiger partial charge is 0.417 e. The Kier molecular flexibility index (Phi) is 6.35. The number of rotatable bonds is 7. The maximum Gasteiger partial charge on any atom is 0.243 e. The van der Waals surface area contributed by atoms with Gasteiger partial charge in [-0.1, -0.05) is 20.8 Å². The van der Waals surface area contributed by atoms with Crippen LogP contribution < -0.4 is 16.4 Å². The number of hydrogen-bond acceptors (Lipinski definition) is 4. The summed E-state index contributed by atoms with van der Waals surface area (Å²) in [5.41, 5.74) is 5.36. The molecule has 0 saturated carbocycles. The molecule has 1 saturated heterocycles. The van der Waals surface area contributed by atoms with Crippen molar-refractivity contribution < 1.29 is 18.8 Å². The van der Waals surface area contributed by atoms with E-state index in [-0.39, 0.29) is 16.9 Å². The van der Waals surface area contributed by atoms with Crippen LogP contribution in [0, 0.1) is 0 Å². The number of carbonyl (C=O) groups is 3. The van der Waals surface area contributed by atoms with Gasteiger partial charge >= 0.3 is 0 Å². The first-order valence-corrected chi connectivity index (χ1v) is 10.9. The lowest BCUT2D eigenvalue weighted by atomic mass is 10.1. The summed E-state index contributed by atoms with van der Waals surface area (Å²) in [5, 5.41) is 5.26. The van der Waals surface area contributed by atoms with Gasteiger partial charge in [0.2, 0.25) is 17.7 Å². The van der Waals surface area contributed by atoms with Gasteiger partial charge in [-0.15, -0.1) is 0 Å². The van der Waals surface area contributed by atoms with E-state index in [0.29, 0.717) is 25.9 Å². The molecule has 7 nitrogen and oxygen atoms in total. The van der Waals surface area contributed by atoms with Crippen molar-refractivity contribution in [3.8, 4) is 0 Å². The molecule has 0 unspecified atom stereocenters. The van der Waals surface area contributed by atoms with Gasteiger partial charge in [-0.3, -0.25) is 14.4 Å². The molecule has 0 bridgehead atoms. The molecule has 23 heavy (non-hydrogen) atoms. The summed E-state index contributed by atoms with van der Waals surface area (Å²) < 4.78 is 6.01. The number of nitrogens with one attached hydrogen (secondary N) is 2. The third-order valence-corrected chi connectivity index (χ3v) is 9.19. The first-order chi connectivity index (χ1) is 10.4. The maximum absolute atomic E-state index is 12.1. The number of carbonyl (C=O) groups excluding carboxylic acids is 3. The molecule has 4 N–H and O–H groups in total. The molecule has 1 aliphatic rings. The summed E-state index contributed by atoms with van der Waals surface area (Å²) in [6, 6.07) is -1.37. The molecule has 0 spiro atoms. The average molecular weight is 344 g/mol. The third kappa shape index (κ3) is 5.62. The summed E-state index contributed by atoms with van der Waals surface area (Å²) in [4.78, 5) is 34.8. The van der Waals surface area contributed by atoms with E-state index in [1.54, 1.807) is 0 Å². The number of hydrogen-bond donors (Lipinski definition) is 3. The molecule has 1 heterocycles. The highest BCUT2D eigenvalue weighted by Gasteiger charge is 2.37. The second-order valence-corrected chi connectivity index (χ2v) is 12.3. The van der Waals surface area contributed by atoms with Crippen LogP contribution in [0.5, 0.6) is 0 Å². The van der Waals surface area contributed by atoms with Crippen LogP contribution in [-0.4, -0.2) is 44.7 Å². The minimum atomic E-state index is -1.90. The molecule has 1 fully saturated rings. The van der Waals surface area contributed by atoms with Crippen LogP contribution in [0.2, 0.25) is 18.1 Å². The van der Waals surface area contributed by atoms with Crippen LogP contribution in [0.4, 0.5) is 0 Å². The topological polar surface area (TPSA) is 111 Å². The van der Waals surface area contributed by atoms with Crippen LogP contribution in [0.3, 0.4) is 0 Å². The molecule has 0 aromatic rings. The highest BCUT2D eigenvalue weighted by Crippen LogP contribution is 2.36. The van der Waals surface area contributed by atoms with E-state index in [2.05, 4.69) is 44.5 Å². The predicted octanol–water partition coefficient (Wildman–Crippen LogP) is 0.647. The van der Waals surface area contributed by atoms with Crippen molar-refractivity contribution in [2.45, 2.75) is 70.2 Å². The molecule has 132 valence electrons. The highest BCUT2D eigenvalue weighted by molar-refractivity contribution is 6.74. The quantitative estimate of drug-likeness (QED) is 0.589. The normalized spacial score (nSPS) is 20.0. The SMILES string of the molecule is CC(C)(C)[Si](C)(C)OCC[C@H](NC(=O)[C@H]1CCC(=O)N1)C(N)=O. The summed E-state index contributed by atoms with van der Waals surface area (Å²) in [6.07, 6.45) is 1.10. The molecule has 0 radical (unpaired) electrons. The van der Waals surface area contributed by atoms with Gasteiger partial charge in [0.25, 0.3) is 0 Å². The molecule has 2 atom stereocenters. The molecule has 0 aliphatic carbocycles. The minimum Gasteiger partial charge on any atom is -0.417 e. The van der Waals surface area contributed by atoms with E-state index >= 15 is 0 Å². The molecule has 1 rings (SSSR count). The Labute approximate surface area is 138 Å². The highest BCUT2D eigenvalue weighted by atomic mass is 28.4. The van der Waals surface area contributed by atoms with Crippen molar-refractivity contribution in [3.63, 3.8) is 0 Å². The van der Waals surface area contributed by atoms with Crippen molar-refractivity contribution in [1.29, 1.82) is 0 Å². The van der Waals surface area contributed by atoms with E-state index in [4.69, 9.17) is 10.2 Å². The lowest BCUT2D eigenvalue weighted by Gasteiger charge is -2.36. The standard InChI is InChI=1S/C15H29N3O4Si/c1-15(2,3)23(4,5)22-9-8-10(13(16)20)18-14(21)11-6-7-12(19)17-11/h10-11H,6-9H2,1-5H3,(H2,16,20)(H,17,19)(H,18,21)/t10-,11+/m0/s1. The van der Waals surface area contributed by atoms with Gasteiger partial charge in [0.05, 0.1) is 0 Å². The van der Waals surface area contributed by atoms with Crippen LogP contribution in [-0.2, 0) is 18.8 Å². The molecule has 0 aromatic carbocycles. The average Bonchev–Trinajstić information content (AvgIpc) is 2.82. The zero-order valence-corrected chi connectivity index (χ0v) is 15.7. The van der Waals surface area contributed by atoms with E-state index in [0.717, 1.165) is 0 Å². The van der Waals surface area contributed by atoms with Crippen molar-refractivity contribution in [2.24, 2.45) is 5.73 Å². The first kappa shape index (κ1) is 19.6. The van der Waals surface area contributed by atoms with Gasteiger partial charge in [-0.05, 0) is 31.0 Å². The smallest absolute Gasteiger partial charge is 0.243 e. The van der Waals surface area contributed by atoms with Gasteiger partial charge in [-0.25, -0.2) is 0 Å². The van der Waals surface area contributed by atoms with Crippen molar-refractivity contribution in [1.82, 2.24) is 10.6 Å². The van der Waals surface area contributed by atoms with E-state index in [1.807, 2.05) is 0 Å². The lowest BCUT2D eigenvalue weighted by molar-refractivity contribution is -0.129. The Bertz CT molecular complexity index is 474. The number of amides is 3.